The van der Waals surface area contributed by atoms with Gasteiger partial charge in [0.1, 0.15) is 5.82 Å². The molecule has 4 nitrogen and oxygen atoms in total. The molecule has 1 heterocycles. The van der Waals surface area contributed by atoms with Crippen LogP contribution in [0.25, 0.3) is 10.9 Å². The minimum Gasteiger partial charge on any atom is -0.370 e. The number of para-hydroxylation sites is 1. The van der Waals surface area contributed by atoms with Crippen LogP contribution in [0.3, 0.4) is 0 Å². The lowest BCUT2D eigenvalue weighted by Gasteiger charge is -2.10. The summed E-state index contributed by atoms with van der Waals surface area (Å²) in [5.41, 5.74) is 0.974. The minimum atomic E-state index is 0.707. The van der Waals surface area contributed by atoms with Gasteiger partial charge in [0.15, 0.2) is 0 Å². The van der Waals surface area contributed by atoms with Crippen LogP contribution in [0, 0.1) is 0 Å². The number of anilines is 2. The molecule has 0 spiro atoms. The summed E-state index contributed by atoms with van der Waals surface area (Å²) in [6.45, 7) is 6.02. The number of nitrogens with one attached hydrogen (secondary N) is 2. The topological polar surface area (TPSA) is 49.8 Å². The molecule has 2 N–H and O–H groups in total. The van der Waals surface area contributed by atoms with Crippen molar-refractivity contribution in [3.05, 3.63) is 24.3 Å². The highest BCUT2D eigenvalue weighted by Crippen LogP contribution is 2.21. The Morgan fingerprint density at radius 1 is 1.06 bits per heavy atom. The molecule has 2 aromatic rings. The maximum absolute atomic E-state index is 4.53. The number of unbranched alkanes of at least 4 members (excludes halogenated alkanes) is 1. The first-order valence-corrected chi connectivity index (χ1v) is 6.59. The number of hydrogen-bond donors (Lipinski definition) is 2. The van der Waals surface area contributed by atoms with Gasteiger partial charge in [0.05, 0.1) is 5.52 Å². The Bertz CT molecular complexity index is 510. The van der Waals surface area contributed by atoms with Gasteiger partial charge in [-0.3, -0.25) is 0 Å². The Labute approximate surface area is 108 Å². The fraction of sp³-hybridized carbons (Fsp3) is 0.429. The van der Waals surface area contributed by atoms with Gasteiger partial charge in [-0.15, -0.1) is 0 Å². The number of aromatic nitrogens is 2. The number of rotatable bonds is 6. The van der Waals surface area contributed by atoms with Crippen LogP contribution in [0.1, 0.15) is 26.7 Å². The van der Waals surface area contributed by atoms with Crippen LogP contribution >= 0.6 is 0 Å². The molecule has 0 saturated carbocycles. The lowest BCUT2D eigenvalue weighted by molar-refractivity contribution is 0.827. The Kier molecular flexibility index (Phi) is 4.34. The third kappa shape index (κ3) is 2.88. The molecule has 1 aromatic heterocycles. The largest absolute Gasteiger partial charge is 0.370 e. The van der Waals surface area contributed by atoms with E-state index in [1.165, 1.54) is 6.42 Å². The van der Waals surface area contributed by atoms with Gasteiger partial charge in [0.2, 0.25) is 5.95 Å². The molecular formula is C14H20N4. The van der Waals surface area contributed by atoms with Gasteiger partial charge in [-0.05, 0) is 25.5 Å². The average molecular weight is 244 g/mol. The van der Waals surface area contributed by atoms with Crippen molar-refractivity contribution in [3.63, 3.8) is 0 Å². The van der Waals surface area contributed by atoms with Gasteiger partial charge >= 0.3 is 0 Å². The van der Waals surface area contributed by atoms with E-state index in [-0.39, 0.29) is 0 Å². The molecule has 0 amide bonds. The second-order valence-electron chi connectivity index (χ2n) is 4.22. The normalized spacial score (nSPS) is 10.6. The molecule has 18 heavy (non-hydrogen) atoms. The van der Waals surface area contributed by atoms with Crippen molar-refractivity contribution >= 4 is 22.7 Å². The first-order valence-electron chi connectivity index (χ1n) is 6.59. The molecule has 2 rings (SSSR count). The molecule has 0 saturated heterocycles. The number of benzene rings is 1. The Balaban J connectivity index is 2.31. The second kappa shape index (κ2) is 6.19. The maximum atomic E-state index is 4.53. The molecule has 0 atom stereocenters. The average Bonchev–Trinajstić information content (AvgIpc) is 2.39. The highest BCUT2D eigenvalue weighted by atomic mass is 15.1. The molecular weight excluding hydrogens is 224 g/mol. The Morgan fingerprint density at radius 2 is 1.89 bits per heavy atom. The third-order valence-corrected chi connectivity index (χ3v) is 2.76. The van der Waals surface area contributed by atoms with Gasteiger partial charge in [0.25, 0.3) is 0 Å². The van der Waals surface area contributed by atoms with Crippen molar-refractivity contribution in [2.45, 2.75) is 26.7 Å². The summed E-state index contributed by atoms with van der Waals surface area (Å²) in [5.74, 6) is 1.61. The smallest absolute Gasteiger partial charge is 0.225 e. The van der Waals surface area contributed by atoms with Crippen LogP contribution in [0.2, 0.25) is 0 Å². The Hall–Kier alpha value is -1.84. The molecule has 0 unspecified atom stereocenters. The van der Waals surface area contributed by atoms with E-state index in [1.807, 2.05) is 24.3 Å². The van der Waals surface area contributed by atoms with Gasteiger partial charge in [-0.25, -0.2) is 4.98 Å². The van der Waals surface area contributed by atoms with Gasteiger partial charge < -0.3 is 10.6 Å². The van der Waals surface area contributed by atoms with Crippen LogP contribution in [0.15, 0.2) is 24.3 Å². The lowest BCUT2D eigenvalue weighted by Crippen LogP contribution is -2.08. The summed E-state index contributed by atoms with van der Waals surface area (Å²) >= 11 is 0. The summed E-state index contributed by atoms with van der Waals surface area (Å²) in [6.07, 6.45) is 2.30. The third-order valence-electron chi connectivity index (χ3n) is 2.76. The summed E-state index contributed by atoms with van der Waals surface area (Å²) in [4.78, 5) is 9.06. The molecule has 0 aliphatic rings. The molecule has 0 bridgehead atoms. The summed E-state index contributed by atoms with van der Waals surface area (Å²) in [7, 11) is 0. The molecule has 1 aromatic carbocycles. The standard InChI is InChI=1S/C14H20N4/c1-3-5-10-16-14-17-12-9-7-6-8-11(12)13(18-14)15-4-2/h6-9H,3-5,10H2,1-2H3,(H2,15,16,17,18). The zero-order valence-electron chi connectivity index (χ0n) is 11.0. The monoisotopic (exact) mass is 244 g/mol. The van der Waals surface area contributed by atoms with E-state index in [0.717, 1.165) is 36.2 Å². The SMILES string of the molecule is CCCCNc1nc(NCC)c2ccccc2n1. The fourth-order valence-electron chi connectivity index (χ4n) is 1.83. The first-order chi connectivity index (χ1) is 8.85. The predicted octanol–water partition coefficient (Wildman–Crippen LogP) is 3.27. The van der Waals surface area contributed by atoms with Crippen LogP contribution in [-0.4, -0.2) is 23.1 Å². The van der Waals surface area contributed by atoms with E-state index >= 15 is 0 Å². The van der Waals surface area contributed by atoms with Gasteiger partial charge in [-0.1, -0.05) is 25.5 Å². The number of nitrogens with zero attached hydrogens (tertiary/aromatic N) is 2. The van der Waals surface area contributed by atoms with Gasteiger partial charge in [-0.2, -0.15) is 4.98 Å². The summed E-state index contributed by atoms with van der Waals surface area (Å²) < 4.78 is 0. The van der Waals surface area contributed by atoms with Crippen molar-refractivity contribution in [2.24, 2.45) is 0 Å². The van der Waals surface area contributed by atoms with Crippen molar-refractivity contribution in [3.8, 4) is 0 Å². The minimum absolute atomic E-state index is 0.707. The van der Waals surface area contributed by atoms with Crippen LogP contribution in [0.5, 0.6) is 0 Å². The summed E-state index contributed by atoms with van der Waals surface area (Å²) in [5, 5.41) is 7.63. The van der Waals surface area contributed by atoms with E-state index in [0.29, 0.717) is 5.95 Å². The van der Waals surface area contributed by atoms with Crippen molar-refractivity contribution < 1.29 is 0 Å². The first kappa shape index (κ1) is 12.6. The van der Waals surface area contributed by atoms with E-state index in [2.05, 4.69) is 34.4 Å². The highest BCUT2D eigenvalue weighted by molar-refractivity contribution is 5.89. The molecule has 0 aliphatic heterocycles. The van der Waals surface area contributed by atoms with E-state index in [4.69, 9.17) is 0 Å². The zero-order valence-corrected chi connectivity index (χ0v) is 11.0. The van der Waals surface area contributed by atoms with Crippen LogP contribution in [0.4, 0.5) is 11.8 Å². The van der Waals surface area contributed by atoms with E-state index in [1.54, 1.807) is 0 Å². The zero-order chi connectivity index (χ0) is 12.8. The van der Waals surface area contributed by atoms with Gasteiger partial charge in [0, 0.05) is 18.5 Å². The predicted molar refractivity (Wildman–Crippen MR) is 77.1 cm³/mol. The van der Waals surface area contributed by atoms with Crippen molar-refractivity contribution in [2.75, 3.05) is 23.7 Å². The highest BCUT2D eigenvalue weighted by Gasteiger charge is 2.05. The molecule has 0 aliphatic carbocycles. The van der Waals surface area contributed by atoms with E-state index < -0.39 is 0 Å². The van der Waals surface area contributed by atoms with E-state index in [9.17, 15) is 0 Å². The number of hydrogen-bond acceptors (Lipinski definition) is 4. The Morgan fingerprint density at radius 3 is 2.67 bits per heavy atom. The quantitative estimate of drug-likeness (QED) is 0.766. The molecule has 0 radical (unpaired) electrons. The van der Waals surface area contributed by atoms with Crippen LogP contribution < -0.4 is 10.6 Å². The molecule has 96 valence electrons. The lowest BCUT2D eigenvalue weighted by atomic mass is 10.2. The second-order valence-corrected chi connectivity index (χ2v) is 4.22. The maximum Gasteiger partial charge on any atom is 0.225 e. The molecule has 4 heteroatoms. The number of fused-ring (bicyclic) bond motifs is 1. The van der Waals surface area contributed by atoms with Crippen molar-refractivity contribution in [1.82, 2.24) is 9.97 Å². The summed E-state index contributed by atoms with van der Waals surface area (Å²) in [6, 6.07) is 8.07. The van der Waals surface area contributed by atoms with Crippen LogP contribution in [-0.2, 0) is 0 Å². The molecule has 0 fully saturated rings. The fourth-order valence-corrected chi connectivity index (χ4v) is 1.83. The van der Waals surface area contributed by atoms with Crippen molar-refractivity contribution in [1.29, 1.82) is 0 Å².